The molecule has 0 bridgehead atoms. The van der Waals surface area contributed by atoms with Gasteiger partial charge in [-0.25, -0.2) is 8.42 Å². The Bertz CT molecular complexity index is 1220. The first-order valence-corrected chi connectivity index (χ1v) is 15.5. The van der Waals surface area contributed by atoms with Crippen LogP contribution in [0.5, 0.6) is 0 Å². The van der Waals surface area contributed by atoms with E-state index in [0.717, 1.165) is 6.26 Å². The van der Waals surface area contributed by atoms with Gasteiger partial charge in [-0.05, 0) is 55.5 Å². The van der Waals surface area contributed by atoms with Crippen LogP contribution in [-0.4, -0.2) is 50.5 Å². The quantitative estimate of drug-likeness (QED) is 0.300. The standard InChI is InChI=1S/C27H36Cl3N3O4S/c1-6-24(27(35)31-16-18(2)3)32(17-20-22(29)11-7-12-23(20)30)26(34)14-9-15-33(38(5,36)37)25-13-8-10-21(28)19(25)4/h7-8,10-13,18,24H,6,9,14-17H2,1-5H3,(H,31,35). The van der Waals surface area contributed by atoms with Gasteiger partial charge in [0, 0.05) is 46.7 Å². The molecule has 210 valence electrons. The van der Waals surface area contributed by atoms with Crippen LogP contribution in [0.15, 0.2) is 36.4 Å². The van der Waals surface area contributed by atoms with E-state index < -0.39 is 16.1 Å². The number of carbonyl (C=O) groups is 2. The SMILES string of the molecule is CCC(C(=O)NCC(C)C)N(Cc1c(Cl)cccc1Cl)C(=O)CCCN(c1cccc(Cl)c1C)S(C)(=O)=O. The first-order valence-electron chi connectivity index (χ1n) is 12.5. The molecule has 0 saturated heterocycles. The van der Waals surface area contributed by atoms with Crippen LogP contribution in [0.4, 0.5) is 5.69 Å². The number of hydrogen-bond donors (Lipinski definition) is 1. The minimum atomic E-state index is -3.63. The van der Waals surface area contributed by atoms with Crippen molar-refractivity contribution < 1.29 is 18.0 Å². The lowest BCUT2D eigenvalue weighted by molar-refractivity contribution is -0.141. The van der Waals surface area contributed by atoms with Crippen molar-refractivity contribution in [3.8, 4) is 0 Å². The third-order valence-electron chi connectivity index (χ3n) is 6.12. The smallest absolute Gasteiger partial charge is 0.242 e. The van der Waals surface area contributed by atoms with E-state index in [1.54, 1.807) is 43.3 Å². The Morgan fingerprint density at radius 2 is 1.58 bits per heavy atom. The molecule has 2 rings (SSSR count). The summed E-state index contributed by atoms with van der Waals surface area (Å²) >= 11 is 19.0. The molecule has 11 heteroatoms. The van der Waals surface area contributed by atoms with Crippen molar-refractivity contribution >= 4 is 62.3 Å². The van der Waals surface area contributed by atoms with Crippen LogP contribution in [0.25, 0.3) is 0 Å². The third kappa shape index (κ3) is 8.76. The predicted octanol–water partition coefficient (Wildman–Crippen LogP) is 6.08. The van der Waals surface area contributed by atoms with Gasteiger partial charge in [-0.3, -0.25) is 13.9 Å². The third-order valence-corrected chi connectivity index (χ3v) is 8.42. The van der Waals surface area contributed by atoms with Crippen LogP contribution in [0.1, 0.15) is 51.2 Å². The van der Waals surface area contributed by atoms with Crippen molar-refractivity contribution in [3.63, 3.8) is 0 Å². The van der Waals surface area contributed by atoms with Gasteiger partial charge in [0.15, 0.2) is 0 Å². The van der Waals surface area contributed by atoms with Crippen molar-refractivity contribution in [2.24, 2.45) is 5.92 Å². The Balaban J connectivity index is 2.30. The fourth-order valence-electron chi connectivity index (χ4n) is 4.04. The number of rotatable bonds is 13. The zero-order valence-corrected chi connectivity index (χ0v) is 25.5. The number of nitrogens with one attached hydrogen (secondary N) is 1. The molecule has 38 heavy (non-hydrogen) atoms. The van der Waals surface area contributed by atoms with Crippen LogP contribution in [-0.2, 0) is 26.2 Å². The molecule has 0 heterocycles. The lowest BCUT2D eigenvalue weighted by atomic mass is 10.1. The first kappa shape index (κ1) is 32.2. The summed E-state index contributed by atoms with van der Waals surface area (Å²) in [7, 11) is -3.63. The molecule has 1 atom stereocenters. The Morgan fingerprint density at radius 3 is 2.13 bits per heavy atom. The number of sulfonamides is 1. The summed E-state index contributed by atoms with van der Waals surface area (Å²) in [5, 5.41) is 4.16. The van der Waals surface area contributed by atoms with Crippen molar-refractivity contribution in [2.75, 3.05) is 23.7 Å². The van der Waals surface area contributed by atoms with E-state index in [-0.39, 0.29) is 43.7 Å². The maximum atomic E-state index is 13.6. The van der Waals surface area contributed by atoms with Gasteiger partial charge in [-0.2, -0.15) is 0 Å². The van der Waals surface area contributed by atoms with Crippen LogP contribution in [0, 0.1) is 12.8 Å². The molecule has 0 fully saturated rings. The summed E-state index contributed by atoms with van der Waals surface area (Å²) in [4.78, 5) is 28.1. The zero-order valence-electron chi connectivity index (χ0n) is 22.4. The summed E-state index contributed by atoms with van der Waals surface area (Å²) < 4.78 is 26.4. The van der Waals surface area contributed by atoms with E-state index in [0.29, 0.717) is 44.8 Å². The van der Waals surface area contributed by atoms with Gasteiger partial charge in [0.2, 0.25) is 21.8 Å². The van der Waals surface area contributed by atoms with Crippen LogP contribution < -0.4 is 9.62 Å². The molecule has 2 amide bonds. The summed E-state index contributed by atoms with van der Waals surface area (Å²) in [5.74, 6) is -0.315. The summed E-state index contributed by atoms with van der Waals surface area (Å²) in [6.45, 7) is 8.16. The van der Waals surface area contributed by atoms with Gasteiger partial charge >= 0.3 is 0 Å². The highest BCUT2D eigenvalue weighted by Gasteiger charge is 2.30. The van der Waals surface area contributed by atoms with Gasteiger partial charge in [0.1, 0.15) is 6.04 Å². The van der Waals surface area contributed by atoms with Crippen LogP contribution in [0.2, 0.25) is 15.1 Å². The Morgan fingerprint density at radius 1 is 1.00 bits per heavy atom. The molecule has 0 aromatic heterocycles. The molecule has 0 saturated carbocycles. The van der Waals surface area contributed by atoms with Crippen LogP contribution >= 0.6 is 34.8 Å². The highest BCUT2D eigenvalue weighted by atomic mass is 35.5. The number of nitrogens with zero attached hydrogens (tertiary/aromatic N) is 2. The average molecular weight is 605 g/mol. The second-order valence-electron chi connectivity index (χ2n) is 9.61. The molecule has 1 N–H and O–H groups in total. The van der Waals surface area contributed by atoms with E-state index in [4.69, 9.17) is 34.8 Å². The molecule has 2 aromatic carbocycles. The van der Waals surface area contributed by atoms with Gasteiger partial charge in [0.05, 0.1) is 11.9 Å². The van der Waals surface area contributed by atoms with Crippen molar-refractivity contribution in [3.05, 3.63) is 62.6 Å². The monoisotopic (exact) mass is 603 g/mol. The number of amides is 2. The van der Waals surface area contributed by atoms with E-state index in [1.165, 1.54) is 9.21 Å². The zero-order chi connectivity index (χ0) is 28.6. The molecule has 1 unspecified atom stereocenters. The molecule has 0 aliphatic heterocycles. The first-order chi connectivity index (χ1) is 17.8. The summed E-state index contributed by atoms with van der Waals surface area (Å²) in [5.41, 5.74) is 1.65. The largest absolute Gasteiger partial charge is 0.354 e. The number of carbonyl (C=O) groups excluding carboxylic acids is 2. The Labute approximate surface area is 241 Å². The fourth-order valence-corrected chi connectivity index (χ4v) is 5.75. The number of hydrogen-bond acceptors (Lipinski definition) is 4. The molecule has 2 aromatic rings. The molecule has 7 nitrogen and oxygen atoms in total. The summed E-state index contributed by atoms with van der Waals surface area (Å²) in [6, 6.07) is 9.40. The molecule has 0 radical (unpaired) electrons. The second kappa shape index (κ2) is 14.4. The molecule has 0 aliphatic carbocycles. The van der Waals surface area contributed by atoms with Gasteiger partial charge in [-0.15, -0.1) is 0 Å². The normalized spacial score (nSPS) is 12.3. The van der Waals surface area contributed by atoms with Gasteiger partial charge < -0.3 is 10.2 Å². The average Bonchev–Trinajstić information content (AvgIpc) is 2.83. The van der Waals surface area contributed by atoms with E-state index in [1.807, 2.05) is 20.8 Å². The van der Waals surface area contributed by atoms with Crippen molar-refractivity contribution in [1.82, 2.24) is 10.2 Å². The number of benzene rings is 2. The van der Waals surface area contributed by atoms with E-state index >= 15 is 0 Å². The lowest BCUT2D eigenvalue weighted by Crippen LogP contribution is -2.49. The lowest BCUT2D eigenvalue weighted by Gasteiger charge is -2.32. The maximum absolute atomic E-state index is 13.6. The highest BCUT2D eigenvalue weighted by molar-refractivity contribution is 7.92. The molecule has 0 aliphatic rings. The van der Waals surface area contributed by atoms with Gasteiger partial charge in [0.25, 0.3) is 0 Å². The highest BCUT2D eigenvalue weighted by Crippen LogP contribution is 2.29. The topological polar surface area (TPSA) is 86.8 Å². The summed E-state index contributed by atoms with van der Waals surface area (Å²) in [6.07, 6.45) is 1.75. The minimum Gasteiger partial charge on any atom is -0.354 e. The predicted molar refractivity (Wildman–Crippen MR) is 157 cm³/mol. The number of anilines is 1. The Kier molecular flexibility index (Phi) is 12.2. The molecule has 0 spiro atoms. The minimum absolute atomic E-state index is 0.0155. The Hall–Kier alpha value is -2.00. The van der Waals surface area contributed by atoms with E-state index in [2.05, 4.69) is 5.32 Å². The maximum Gasteiger partial charge on any atom is 0.242 e. The van der Waals surface area contributed by atoms with Crippen molar-refractivity contribution in [2.45, 2.75) is 59.5 Å². The van der Waals surface area contributed by atoms with Crippen LogP contribution in [0.3, 0.4) is 0 Å². The number of halogens is 3. The fraction of sp³-hybridized carbons (Fsp3) is 0.481. The van der Waals surface area contributed by atoms with Crippen molar-refractivity contribution in [1.29, 1.82) is 0 Å². The molecular weight excluding hydrogens is 569 g/mol. The second-order valence-corrected chi connectivity index (χ2v) is 12.7. The van der Waals surface area contributed by atoms with Gasteiger partial charge in [-0.1, -0.05) is 67.7 Å². The van der Waals surface area contributed by atoms with E-state index in [9.17, 15) is 18.0 Å². The molecular formula is C27H36Cl3N3O4S.